The third-order valence-corrected chi connectivity index (χ3v) is 4.90. The van der Waals surface area contributed by atoms with Gasteiger partial charge in [-0.1, -0.05) is 25.6 Å². The van der Waals surface area contributed by atoms with Gasteiger partial charge in [0.05, 0.1) is 22.7 Å². The summed E-state index contributed by atoms with van der Waals surface area (Å²) in [6.07, 6.45) is 1.16. The van der Waals surface area contributed by atoms with Crippen LogP contribution in [0.3, 0.4) is 0 Å². The van der Waals surface area contributed by atoms with Gasteiger partial charge in [0.15, 0.2) is 5.78 Å². The topological polar surface area (TPSA) is 116 Å². The van der Waals surface area contributed by atoms with Gasteiger partial charge in [-0.3, -0.25) is 14.9 Å². The lowest BCUT2D eigenvalue weighted by molar-refractivity contribution is -0.113. The number of hydrogen-bond acceptors (Lipinski definition) is 8. The van der Waals surface area contributed by atoms with E-state index >= 15 is 0 Å². The molecule has 0 fully saturated rings. The number of nitrogens with zero attached hydrogens (tertiary/aromatic N) is 6. The van der Waals surface area contributed by atoms with Crippen LogP contribution in [0.15, 0.2) is 5.16 Å². The summed E-state index contributed by atoms with van der Waals surface area (Å²) in [4.78, 5) is 33.1. The van der Waals surface area contributed by atoms with Gasteiger partial charge in [0.25, 0.3) is 0 Å². The van der Waals surface area contributed by atoms with Crippen LogP contribution >= 0.6 is 11.8 Å². The van der Waals surface area contributed by atoms with E-state index in [1.54, 1.807) is 14.0 Å². The van der Waals surface area contributed by atoms with Crippen molar-refractivity contribution in [1.82, 2.24) is 30.2 Å². The summed E-state index contributed by atoms with van der Waals surface area (Å²) in [6, 6.07) is 0. The molecule has 0 aliphatic heterocycles. The molecule has 10 heteroatoms. The first-order valence-electron chi connectivity index (χ1n) is 7.81. The van der Waals surface area contributed by atoms with E-state index in [1.165, 1.54) is 16.4 Å². The average Bonchev–Trinajstić information content (AvgIpc) is 2.88. The molecule has 0 atom stereocenters. The van der Waals surface area contributed by atoms with Crippen LogP contribution in [0, 0.1) is 12.3 Å². The number of hydrogen-bond donors (Lipinski definition) is 1. The van der Waals surface area contributed by atoms with Gasteiger partial charge in [0.1, 0.15) is 0 Å². The van der Waals surface area contributed by atoms with Crippen molar-refractivity contribution in [2.75, 3.05) is 11.1 Å². The second-order valence-corrected chi connectivity index (χ2v) is 7.76. The smallest absolute Gasteiger partial charge is 0.237 e. The Balaban J connectivity index is 1.73. The highest BCUT2D eigenvalue weighted by atomic mass is 32.2. The van der Waals surface area contributed by atoms with Crippen molar-refractivity contribution in [1.29, 1.82) is 0 Å². The molecule has 1 aliphatic rings. The second kappa shape index (κ2) is 6.51. The van der Waals surface area contributed by atoms with Crippen molar-refractivity contribution < 1.29 is 9.59 Å². The molecule has 1 amide bonds. The highest BCUT2D eigenvalue weighted by molar-refractivity contribution is 7.99. The summed E-state index contributed by atoms with van der Waals surface area (Å²) >= 11 is 1.22. The normalized spacial score (nSPS) is 15.8. The van der Waals surface area contributed by atoms with E-state index in [9.17, 15) is 9.59 Å². The molecule has 132 valence electrons. The number of aryl methyl sites for hydroxylation is 2. The maximum Gasteiger partial charge on any atom is 0.237 e. The Morgan fingerprint density at radius 2 is 2.08 bits per heavy atom. The first-order valence-corrected chi connectivity index (χ1v) is 8.79. The third kappa shape index (κ3) is 3.84. The van der Waals surface area contributed by atoms with Gasteiger partial charge >= 0.3 is 0 Å². The predicted octanol–water partition coefficient (Wildman–Crippen LogP) is 1.19. The van der Waals surface area contributed by atoms with E-state index in [1.807, 2.05) is 13.8 Å². The average molecular weight is 361 g/mol. The SMILES string of the molecule is Cc1nc(NC(=O)CSc2nnnn2C)nc2c1C(=O)CC(C)(C)C2. The number of Topliss-reactive ketones (excluding diaryl/α,β-unsaturated/α-hetero) is 1. The maximum atomic E-state index is 12.3. The molecule has 2 aromatic heterocycles. The van der Waals surface area contributed by atoms with Crippen molar-refractivity contribution in [3.8, 4) is 0 Å². The third-order valence-electron chi connectivity index (χ3n) is 3.89. The van der Waals surface area contributed by atoms with Crippen molar-refractivity contribution >= 4 is 29.4 Å². The molecule has 0 spiro atoms. The minimum Gasteiger partial charge on any atom is -0.294 e. The molecular weight excluding hydrogens is 342 g/mol. The molecule has 0 aromatic carbocycles. The standard InChI is InChI=1S/C15H19N7O2S/c1-8-12-9(5-15(2,3)6-10(12)23)17-13(16-8)18-11(24)7-25-14-19-20-21-22(14)4/h5-7H2,1-4H3,(H,16,17,18,24). The van der Waals surface area contributed by atoms with Crippen LogP contribution in [0.25, 0.3) is 0 Å². The first-order chi connectivity index (χ1) is 11.7. The van der Waals surface area contributed by atoms with Gasteiger partial charge in [-0.25, -0.2) is 14.6 Å². The monoisotopic (exact) mass is 361 g/mol. The van der Waals surface area contributed by atoms with Crippen molar-refractivity contribution in [3.63, 3.8) is 0 Å². The molecule has 25 heavy (non-hydrogen) atoms. The number of anilines is 1. The zero-order valence-corrected chi connectivity index (χ0v) is 15.3. The van der Waals surface area contributed by atoms with E-state index in [0.29, 0.717) is 34.9 Å². The fourth-order valence-corrected chi connectivity index (χ4v) is 3.50. The Kier molecular flexibility index (Phi) is 4.55. The van der Waals surface area contributed by atoms with Crippen LogP contribution < -0.4 is 5.32 Å². The van der Waals surface area contributed by atoms with Crippen molar-refractivity contribution in [2.45, 2.75) is 38.8 Å². The van der Waals surface area contributed by atoms with Crippen LogP contribution in [0.4, 0.5) is 5.95 Å². The fourth-order valence-electron chi connectivity index (χ4n) is 2.85. The van der Waals surface area contributed by atoms with Gasteiger partial charge in [0.2, 0.25) is 17.0 Å². The molecule has 2 aromatic rings. The number of rotatable bonds is 4. The van der Waals surface area contributed by atoms with Gasteiger partial charge in [-0.05, 0) is 29.2 Å². The van der Waals surface area contributed by atoms with Gasteiger partial charge in [-0.15, -0.1) is 5.10 Å². The number of aromatic nitrogens is 6. The highest BCUT2D eigenvalue weighted by Crippen LogP contribution is 2.35. The number of carbonyl (C=O) groups excluding carboxylic acids is 2. The molecular formula is C15H19N7O2S. The largest absolute Gasteiger partial charge is 0.294 e. The van der Waals surface area contributed by atoms with E-state index in [2.05, 4.69) is 30.8 Å². The number of thioether (sulfide) groups is 1. The Morgan fingerprint density at radius 1 is 1.32 bits per heavy atom. The molecule has 1 aliphatic carbocycles. The predicted molar refractivity (Wildman–Crippen MR) is 91.4 cm³/mol. The molecule has 3 rings (SSSR count). The lowest BCUT2D eigenvalue weighted by Gasteiger charge is -2.30. The van der Waals surface area contributed by atoms with Gasteiger partial charge in [0, 0.05) is 13.5 Å². The molecule has 0 saturated heterocycles. The van der Waals surface area contributed by atoms with E-state index in [4.69, 9.17) is 0 Å². The summed E-state index contributed by atoms with van der Waals surface area (Å²) < 4.78 is 1.49. The molecule has 2 heterocycles. The van der Waals surface area contributed by atoms with Gasteiger partial charge < -0.3 is 0 Å². The Labute approximate surface area is 149 Å². The van der Waals surface area contributed by atoms with E-state index < -0.39 is 0 Å². The quantitative estimate of drug-likeness (QED) is 0.808. The van der Waals surface area contributed by atoms with Crippen LogP contribution in [0.2, 0.25) is 0 Å². The number of fused-ring (bicyclic) bond motifs is 1. The summed E-state index contributed by atoms with van der Waals surface area (Å²) in [6.45, 7) is 5.84. The second-order valence-electron chi connectivity index (χ2n) is 6.82. The Bertz CT molecular complexity index is 846. The van der Waals surface area contributed by atoms with Crippen LogP contribution in [-0.4, -0.2) is 47.6 Å². The molecule has 0 saturated carbocycles. The number of tetrazole rings is 1. The van der Waals surface area contributed by atoms with Crippen LogP contribution in [-0.2, 0) is 18.3 Å². The zero-order chi connectivity index (χ0) is 18.2. The lowest BCUT2D eigenvalue weighted by Crippen LogP contribution is -2.30. The summed E-state index contributed by atoms with van der Waals surface area (Å²) in [7, 11) is 1.70. The highest BCUT2D eigenvalue weighted by Gasteiger charge is 2.33. The number of nitrogens with one attached hydrogen (secondary N) is 1. The molecule has 0 radical (unpaired) electrons. The summed E-state index contributed by atoms with van der Waals surface area (Å²) in [5.74, 6) is 0.169. The molecule has 0 unspecified atom stereocenters. The number of amides is 1. The minimum atomic E-state index is -0.256. The van der Waals surface area contributed by atoms with Crippen molar-refractivity contribution in [3.05, 3.63) is 17.0 Å². The lowest BCUT2D eigenvalue weighted by atomic mass is 9.75. The zero-order valence-electron chi connectivity index (χ0n) is 14.5. The molecule has 9 nitrogen and oxygen atoms in total. The summed E-state index contributed by atoms with van der Waals surface area (Å²) in [5, 5.41) is 14.3. The maximum absolute atomic E-state index is 12.3. The number of carbonyl (C=O) groups is 2. The Morgan fingerprint density at radius 3 is 2.76 bits per heavy atom. The van der Waals surface area contributed by atoms with Crippen LogP contribution in [0.5, 0.6) is 0 Å². The minimum absolute atomic E-state index is 0.0620. The van der Waals surface area contributed by atoms with Gasteiger partial charge in [-0.2, -0.15) is 0 Å². The molecule has 1 N–H and O–H groups in total. The number of ketones is 1. The fraction of sp³-hybridized carbons (Fsp3) is 0.533. The molecule has 0 bridgehead atoms. The Hall–Kier alpha value is -2.36. The van der Waals surface area contributed by atoms with E-state index in [-0.39, 0.29) is 28.8 Å². The van der Waals surface area contributed by atoms with Crippen LogP contribution in [0.1, 0.15) is 42.0 Å². The van der Waals surface area contributed by atoms with E-state index in [0.717, 1.165) is 0 Å². The first kappa shape index (κ1) is 17.5. The summed E-state index contributed by atoms with van der Waals surface area (Å²) in [5.41, 5.74) is 1.76. The van der Waals surface area contributed by atoms with Crippen molar-refractivity contribution in [2.24, 2.45) is 12.5 Å².